The van der Waals surface area contributed by atoms with Crippen LogP contribution >= 0.6 is 0 Å². The van der Waals surface area contributed by atoms with E-state index in [4.69, 9.17) is 0 Å². The molecule has 0 bridgehead atoms. The summed E-state index contributed by atoms with van der Waals surface area (Å²) in [5.74, 6) is 0.0777. The number of pyridine rings is 1. The number of hydrogen-bond acceptors (Lipinski definition) is 4. The first-order valence-corrected chi connectivity index (χ1v) is 7.32. The lowest BCUT2D eigenvalue weighted by atomic mass is 10.3. The predicted molar refractivity (Wildman–Crippen MR) is 69.5 cm³/mol. The Morgan fingerprint density at radius 3 is 2.76 bits per heavy atom. The van der Waals surface area contributed by atoms with Crippen LogP contribution in [0.4, 0.5) is 5.69 Å². The van der Waals surface area contributed by atoms with Gasteiger partial charge in [-0.1, -0.05) is 6.92 Å². The van der Waals surface area contributed by atoms with Crippen molar-refractivity contribution in [2.75, 3.05) is 23.6 Å². The van der Waals surface area contributed by atoms with E-state index in [1.807, 2.05) is 13.8 Å². The lowest BCUT2D eigenvalue weighted by molar-refractivity contribution is 0.595. The zero-order valence-corrected chi connectivity index (χ0v) is 11.0. The second kappa shape index (κ2) is 6.56. The molecule has 0 aliphatic carbocycles. The van der Waals surface area contributed by atoms with Crippen molar-refractivity contribution < 1.29 is 8.42 Å². The number of anilines is 1. The van der Waals surface area contributed by atoms with Crippen molar-refractivity contribution in [2.24, 2.45) is 0 Å². The van der Waals surface area contributed by atoms with Crippen molar-refractivity contribution in [3.8, 4) is 0 Å². The van der Waals surface area contributed by atoms with Crippen molar-refractivity contribution in [1.29, 1.82) is 0 Å². The second-order valence-electron chi connectivity index (χ2n) is 3.86. The molecule has 5 nitrogen and oxygen atoms in total. The van der Waals surface area contributed by atoms with Crippen molar-refractivity contribution in [1.82, 2.24) is 10.3 Å². The summed E-state index contributed by atoms with van der Waals surface area (Å²) in [4.78, 5) is 4.01. The van der Waals surface area contributed by atoms with Gasteiger partial charge >= 0.3 is 0 Å². The van der Waals surface area contributed by atoms with Gasteiger partial charge in [0.05, 0.1) is 11.4 Å². The van der Waals surface area contributed by atoms with Gasteiger partial charge in [0.15, 0.2) is 0 Å². The van der Waals surface area contributed by atoms with Gasteiger partial charge in [0, 0.05) is 18.4 Å². The summed E-state index contributed by atoms with van der Waals surface area (Å²) in [7, 11) is -3.27. The van der Waals surface area contributed by atoms with Crippen LogP contribution in [-0.4, -0.2) is 32.2 Å². The average Bonchev–Trinajstić information content (AvgIpc) is 2.24. The molecule has 96 valence electrons. The highest BCUT2D eigenvalue weighted by Gasteiger charge is 2.09. The van der Waals surface area contributed by atoms with Crippen molar-refractivity contribution in [3.05, 3.63) is 24.0 Å². The third kappa shape index (κ3) is 5.65. The summed E-state index contributed by atoms with van der Waals surface area (Å²) in [6.07, 6.45) is 2.58. The minimum absolute atomic E-state index is 0.0777. The normalized spacial score (nSPS) is 11.4. The number of hydrogen-bond donors (Lipinski definition) is 2. The molecule has 0 aliphatic rings. The molecule has 1 rings (SSSR count). The van der Waals surface area contributed by atoms with Gasteiger partial charge in [-0.25, -0.2) is 8.42 Å². The summed E-state index contributed by atoms with van der Waals surface area (Å²) in [5, 5.41) is 3.06. The quantitative estimate of drug-likeness (QED) is 0.718. The van der Waals surface area contributed by atoms with E-state index in [1.54, 1.807) is 18.3 Å². The topological polar surface area (TPSA) is 71.1 Å². The number of nitrogens with zero attached hydrogens (tertiary/aromatic N) is 1. The molecule has 0 amide bonds. The maximum atomic E-state index is 11.7. The van der Waals surface area contributed by atoms with Crippen LogP contribution in [0, 0.1) is 6.92 Å². The molecular formula is C11H19N3O2S. The van der Waals surface area contributed by atoms with Gasteiger partial charge < -0.3 is 5.32 Å². The van der Waals surface area contributed by atoms with E-state index in [0.717, 1.165) is 18.7 Å². The van der Waals surface area contributed by atoms with E-state index in [0.29, 0.717) is 12.2 Å². The Kier molecular flexibility index (Phi) is 5.37. The van der Waals surface area contributed by atoms with Gasteiger partial charge in [0.25, 0.3) is 0 Å². The Morgan fingerprint density at radius 1 is 1.35 bits per heavy atom. The summed E-state index contributed by atoms with van der Waals surface area (Å²) < 4.78 is 25.9. The lowest BCUT2D eigenvalue weighted by Gasteiger charge is -2.08. The summed E-state index contributed by atoms with van der Waals surface area (Å²) >= 11 is 0. The van der Waals surface area contributed by atoms with Crippen LogP contribution in [0.5, 0.6) is 0 Å². The Hall–Kier alpha value is -1.14. The first-order valence-electron chi connectivity index (χ1n) is 5.67. The summed E-state index contributed by atoms with van der Waals surface area (Å²) in [6, 6.07) is 3.35. The van der Waals surface area contributed by atoms with Crippen molar-refractivity contribution in [3.63, 3.8) is 0 Å². The highest BCUT2D eigenvalue weighted by Crippen LogP contribution is 2.09. The highest BCUT2D eigenvalue weighted by atomic mass is 32.2. The molecule has 0 unspecified atom stereocenters. The summed E-state index contributed by atoms with van der Waals surface area (Å²) in [5.41, 5.74) is 1.35. The molecule has 0 saturated carbocycles. The number of aryl methyl sites for hydroxylation is 1. The predicted octanol–water partition coefficient (Wildman–Crippen LogP) is 1.13. The van der Waals surface area contributed by atoms with E-state index >= 15 is 0 Å². The fourth-order valence-electron chi connectivity index (χ4n) is 1.35. The number of rotatable bonds is 7. The molecule has 0 atom stereocenters. The number of sulfonamides is 1. The molecule has 6 heteroatoms. The Balaban J connectivity index is 2.49. The van der Waals surface area contributed by atoms with Crippen LogP contribution in [-0.2, 0) is 10.0 Å². The van der Waals surface area contributed by atoms with Crippen LogP contribution in [0.15, 0.2) is 18.3 Å². The Morgan fingerprint density at radius 2 is 2.12 bits per heavy atom. The van der Waals surface area contributed by atoms with E-state index in [1.165, 1.54) is 0 Å². The monoisotopic (exact) mass is 257 g/mol. The van der Waals surface area contributed by atoms with E-state index in [9.17, 15) is 8.42 Å². The SMILES string of the molecule is CCCNCCS(=O)(=O)Nc1ccnc(C)c1. The minimum Gasteiger partial charge on any atom is -0.316 e. The molecular weight excluding hydrogens is 238 g/mol. The molecule has 0 aromatic carbocycles. The molecule has 17 heavy (non-hydrogen) atoms. The van der Waals surface area contributed by atoms with Crippen molar-refractivity contribution in [2.45, 2.75) is 20.3 Å². The van der Waals surface area contributed by atoms with Gasteiger partial charge in [0.2, 0.25) is 10.0 Å². The van der Waals surface area contributed by atoms with Crippen LogP contribution in [0.1, 0.15) is 19.0 Å². The molecule has 0 aliphatic heterocycles. The molecule has 0 radical (unpaired) electrons. The van der Waals surface area contributed by atoms with Gasteiger partial charge in [-0.3, -0.25) is 9.71 Å². The lowest BCUT2D eigenvalue weighted by Crippen LogP contribution is -2.27. The Labute approximate surface area is 103 Å². The maximum absolute atomic E-state index is 11.7. The third-order valence-corrected chi connectivity index (χ3v) is 3.43. The molecule has 0 spiro atoms. The van der Waals surface area contributed by atoms with Crippen LogP contribution in [0.2, 0.25) is 0 Å². The standard InChI is InChI=1S/C11H19N3O2S/c1-3-5-12-7-8-17(15,16)14-11-4-6-13-10(2)9-11/h4,6,9,12H,3,5,7-8H2,1-2H3,(H,13,14). The molecule has 0 saturated heterocycles. The Bertz CT molecular complexity index is 446. The van der Waals surface area contributed by atoms with Crippen LogP contribution in [0.25, 0.3) is 0 Å². The zero-order valence-electron chi connectivity index (χ0n) is 10.2. The van der Waals surface area contributed by atoms with Crippen LogP contribution < -0.4 is 10.0 Å². The van der Waals surface area contributed by atoms with E-state index in [-0.39, 0.29) is 5.75 Å². The second-order valence-corrected chi connectivity index (χ2v) is 5.70. The van der Waals surface area contributed by atoms with E-state index in [2.05, 4.69) is 15.0 Å². The first-order chi connectivity index (χ1) is 8.03. The fraction of sp³-hybridized carbons (Fsp3) is 0.545. The van der Waals surface area contributed by atoms with Gasteiger partial charge in [-0.2, -0.15) is 0 Å². The van der Waals surface area contributed by atoms with Crippen LogP contribution in [0.3, 0.4) is 0 Å². The first kappa shape index (κ1) is 13.9. The minimum atomic E-state index is -3.27. The zero-order chi connectivity index (χ0) is 12.7. The van der Waals surface area contributed by atoms with Crippen molar-refractivity contribution >= 4 is 15.7 Å². The maximum Gasteiger partial charge on any atom is 0.233 e. The molecule has 1 aromatic heterocycles. The molecule has 1 heterocycles. The van der Waals surface area contributed by atoms with Gasteiger partial charge in [-0.15, -0.1) is 0 Å². The fourth-order valence-corrected chi connectivity index (χ4v) is 2.35. The smallest absolute Gasteiger partial charge is 0.233 e. The van der Waals surface area contributed by atoms with E-state index < -0.39 is 10.0 Å². The number of nitrogens with one attached hydrogen (secondary N) is 2. The highest BCUT2D eigenvalue weighted by molar-refractivity contribution is 7.92. The summed E-state index contributed by atoms with van der Waals surface area (Å²) in [6.45, 7) is 5.16. The number of aromatic nitrogens is 1. The van der Waals surface area contributed by atoms with Gasteiger partial charge in [-0.05, 0) is 32.0 Å². The average molecular weight is 257 g/mol. The van der Waals surface area contributed by atoms with Gasteiger partial charge in [0.1, 0.15) is 0 Å². The third-order valence-electron chi connectivity index (χ3n) is 2.14. The largest absolute Gasteiger partial charge is 0.316 e. The molecule has 0 fully saturated rings. The molecule has 2 N–H and O–H groups in total. The molecule has 1 aromatic rings.